The molecule has 5 N–H and O–H groups in total. The molecule has 1 aromatic heterocycles. The van der Waals surface area contributed by atoms with Crippen molar-refractivity contribution in [3.63, 3.8) is 0 Å². The summed E-state index contributed by atoms with van der Waals surface area (Å²) in [5.41, 5.74) is 11.6. The number of carbonyl (C=O) groups is 2. The van der Waals surface area contributed by atoms with Gasteiger partial charge in [-0.2, -0.15) is 4.98 Å². The number of hydrogen-bond acceptors (Lipinski definition) is 7. The molecule has 11 nitrogen and oxygen atoms in total. The summed E-state index contributed by atoms with van der Waals surface area (Å²) in [6.07, 6.45) is 6.67. The number of piperazine rings is 1. The van der Waals surface area contributed by atoms with Crippen molar-refractivity contribution in [2.75, 3.05) is 51.1 Å². The smallest absolute Gasteiger partial charge is 0.338 e. The lowest BCUT2D eigenvalue weighted by molar-refractivity contribution is -0.137. The summed E-state index contributed by atoms with van der Waals surface area (Å²) in [5, 5.41) is 2.72. The number of fused-ring (bicyclic) bond motifs is 1. The lowest BCUT2D eigenvalue weighted by Gasteiger charge is -2.37. The van der Waals surface area contributed by atoms with E-state index in [1.807, 2.05) is 0 Å². The minimum Gasteiger partial charge on any atom is -0.338 e. The van der Waals surface area contributed by atoms with Gasteiger partial charge < -0.3 is 26.2 Å². The molecule has 0 bridgehead atoms. The number of allylic oxidation sites excluding steroid dienone is 2. The zero-order valence-electron chi connectivity index (χ0n) is 21.6. The molecule has 3 heterocycles. The van der Waals surface area contributed by atoms with E-state index in [9.17, 15) is 14.4 Å². The predicted molar refractivity (Wildman–Crippen MR) is 144 cm³/mol. The van der Waals surface area contributed by atoms with E-state index in [1.54, 1.807) is 40.5 Å². The van der Waals surface area contributed by atoms with Crippen molar-refractivity contribution in [2.45, 2.75) is 44.7 Å². The Balaban J connectivity index is 0.00000320. The lowest BCUT2D eigenvalue weighted by atomic mass is 9.92. The highest BCUT2D eigenvalue weighted by Crippen LogP contribution is 2.44. The Morgan fingerprint density at radius 3 is 2.35 bits per heavy atom. The van der Waals surface area contributed by atoms with Crippen molar-refractivity contribution < 1.29 is 9.59 Å². The standard InChI is InChI=1S/C25H38N8O3.ClH/c1-25(2,27)22(34)31-9-11-32(12-10-31)23(35)28-20-7-8-33(24(36)29-20)17-5-3-16(4-6-17)13-30-14-18-19(15-30)21(18)26;/h5,7-8,16,18-19,21H,3-4,6,9-15,26-27H2,1-2H3,(H,28,29,35,36);1H/t16?,18-,19+,21?;. The number of nitrogens with two attached hydrogens (primary N) is 2. The van der Waals surface area contributed by atoms with Gasteiger partial charge in [-0.05, 0) is 56.9 Å². The van der Waals surface area contributed by atoms with Crippen LogP contribution in [0.15, 0.2) is 23.1 Å². The fraction of sp³-hybridized carbons (Fsp3) is 0.680. The fourth-order valence-electron chi connectivity index (χ4n) is 5.83. The van der Waals surface area contributed by atoms with Gasteiger partial charge in [0.25, 0.3) is 0 Å². The van der Waals surface area contributed by atoms with Gasteiger partial charge in [0.1, 0.15) is 5.82 Å². The molecule has 5 rings (SSSR count). The Kier molecular flexibility index (Phi) is 7.99. The van der Waals surface area contributed by atoms with Crippen molar-refractivity contribution in [3.05, 3.63) is 28.8 Å². The molecule has 2 unspecified atom stereocenters. The van der Waals surface area contributed by atoms with Crippen molar-refractivity contribution in [1.29, 1.82) is 0 Å². The molecule has 2 saturated heterocycles. The molecule has 2 aliphatic heterocycles. The topological polar surface area (TPSA) is 143 Å². The fourth-order valence-corrected chi connectivity index (χ4v) is 5.83. The van der Waals surface area contributed by atoms with Crippen molar-refractivity contribution in [1.82, 2.24) is 24.3 Å². The van der Waals surface area contributed by atoms with Crippen LogP contribution in [0.4, 0.5) is 10.6 Å². The van der Waals surface area contributed by atoms with E-state index in [0.717, 1.165) is 44.6 Å². The monoisotopic (exact) mass is 534 g/mol. The minimum absolute atomic E-state index is 0. The Bertz CT molecular complexity index is 1100. The summed E-state index contributed by atoms with van der Waals surface area (Å²) >= 11 is 0. The average Bonchev–Trinajstić information content (AvgIpc) is 3.23. The SMILES string of the molecule is CC(C)(N)C(=O)N1CCN(C(=O)Nc2ccn(C3=CCC(CN4C[C@@H]5C(N)[C@@H]5C4)CC3)c(=O)n2)CC1.Cl. The summed E-state index contributed by atoms with van der Waals surface area (Å²) in [5.74, 6) is 2.12. The molecule has 37 heavy (non-hydrogen) atoms. The first-order valence-corrected chi connectivity index (χ1v) is 13.0. The normalized spacial score (nSPS) is 27.7. The molecule has 1 aromatic rings. The van der Waals surface area contributed by atoms with Crippen LogP contribution in [-0.4, -0.2) is 93.6 Å². The number of aromatic nitrogens is 2. The predicted octanol–water partition coefficient (Wildman–Crippen LogP) is 0.608. The molecule has 204 valence electrons. The zero-order valence-corrected chi connectivity index (χ0v) is 22.5. The Labute approximate surface area is 223 Å². The van der Waals surface area contributed by atoms with Crippen LogP contribution in [-0.2, 0) is 4.79 Å². The van der Waals surface area contributed by atoms with Crippen LogP contribution < -0.4 is 22.5 Å². The molecular weight excluding hydrogens is 496 g/mol. The zero-order chi connectivity index (χ0) is 25.6. The Morgan fingerprint density at radius 1 is 1.14 bits per heavy atom. The Hall–Kier alpha value is -2.47. The van der Waals surface area contributed by atoms with Crippen molar-refractivity contribution >= 4 is 35.9 Å². The first-order chi connectivity index (χ1) is 17.1. The summed E-state index contributed by atoms with van der Waals surface area (Å²) in [4.78, 5) is 47.6. The number of piperidine rings is 1. The summed E-state index contributed by atoms with van der Waals surface area (Å²) in [7, 11) is 0. The maximum atomic E-state index is 12.7. The highest BCUT2D eigenvalue weighted by molar-refractivity contribution is 5.89. The highest BCUT2D eigenvalue weighted by Gasteiger charge is 2.53. The number of rotatable bonds is 5. The number of carbonyl (C=O) groups excluding carboxylic acids is 2. The van der Waals surface area contributed by atoms with Crippen LogP contribution in [0, 0.1) is 17.8 Å². The number of amides is 3. The number of anilines is 1. The second kappa shape index (κ2) is 10.7. The third-order valence-electron chi connectivity index (χ3n) is 8.10. The van der Waals surface area contributed by atoms with Gasteiger partial charge >= 0.3 is 11.7 Å². The number of nitrogens with zero attached hydrogens (tertiary/aromatic N) is 5. The molecule has 0 spiro atoms. The van der Waals surface area contributed by atoms with Gasteiger partial charge in [0.2, 0.25) is 5.91 Å². The van der Waals surface area contributed by atoms with Crippen LogP contribution in [0.3, 0.4) is 0 Å². The molecule has 3 fully saturated rings. The largest absolute Gasteiger partial charge is 0.353 e. The van der Waals surface area contributed by atoms with Crippen LogP contribution in [0.1, 0.15) is 33.1 Å². The summed E-state index contributed by atoms with van der Waals surface area (Å²) < 4.78 is 1.58. The van der Waals surface area contributed by atoms with Crippen LogP contribution in [0.5, 0.6) is 0 Å². The molecule has 4 atom stereocenters. The van der Waals surface area contributed by atoms with Crippen LogP contribution >= 0.6 is 12.4 Å². The van der Waals surface area contributed by atoms with Gasteiger partial charge in [-0.1, -0.05) is 6.08 Å². The van der Waals surface area contributed by atoms with Gasteiger partial charge in [0.05, 0.1) is 5.54 Å². The van der Waals surface area contributed by atoms with E-state index in [0.29, 0.717) is 50.0 Å². The van der Waals surface area contributed by atoms with E-state index < -0.39 is 11.2 Å². The summed E-state index contributed by atoms with van der Waals surface area (Å²) in [6, 6.07) is 1.75. The number of halogens is 1. The molecule has 2 aliphatic carbocycles. The summed E-state index contributed by atoms with van der Waals surface area (Å²) in [6.45, 7) is 8.35. The van der Waals surface area contributed by atoms with E-state index in [4.69, 9.17) is 11.5 Å². The minimum atomic E-state index is -0.935. The molecule has 0 radical (unpaired) electrons. The van der Waals surface area contributed by atoms with Crippen LogP contribution in [0.25, 0.3) is 5.70 Å². The van der Waals surface area contributed by atoms with E-state index in [-0.39, 0.29) is 30.2 Å². The maximum absolute atomic E-state index is 12.7. The molecule has 12 heteroatoms. The average molecular weight is 535 g/mol. The molecule has 3 amide bonds. The molecular formula is C25H39ClN8O3. The Morgan fingerprint density at radius 2 is 1.78 bits per heavy atom. The highest BCUT2D eigenvalue weighted by atomic mass is 35.5. The second-order valence-corrected chi connectivity index (χ2v) is 11.4. The maximum Gasteiger partial charge on any atom is 0.353 e. The number of hydrogen-bond donors (Lipinski definition) is 3. The van der Waals surface area contributed by atoms with Gasteiger partial charge in [0.15, 0.2) is 0 Å². The number of likely N-dealkylation sites (tertiary alicyclic amines) is 1. The third kappa shape index (κ3) is 6.00. The first-order valence-electron chi connectivity index (χ1n) is 13.0. The van der Waals surface area contributed by atoms with Gasteiger partial charge in [0, 0.05) is 63.7 Å². The number of nitrogens with one attached hydrogen (secondary N) is 1. The van der Waals surface area contributed by atoms with E-state index in [2.05, 4.69) is 21.3 Å². The molecule has 4 aliphatic rings. The van der Waals surface area contributed by atoms with Crippen LogP contribution in [0.2, 0.25) is 0 Å². The van der Waals surface area contributed by atoms with E-state index >= 15 is 0 Å². The van der Waals surface area contributed by atoms with Gasteiger partial charge in [-0.15, -0.1) is 12.4 Å². The quantitative estimate of drug-likeness (QED) is 0.502. The first kappa shape index (κ1) is 27.6. The van der Waals surface area contributed by atoms with E-state index in [1.165, 1.54) is 0 Å². The van der Waals surface area contributed by atoms with Crippen molar-refractivity contribution in [3.8, 4) is 0 Å². The van der Waals surface area contributed by atoms with Gasteiger partial charge in [-0.3, -0.25) is 14.7 Å². The third-order valence-corrected chi connectivity index (χ3v) is 8.10. The molecule has 0 aromatic carbocycles. The molecule has 1 saturated carbocycles. The number of urea groups is 1. The van der Waals surface area contributed by atoms with Gasteiger partial charge in [-0.25, -0.2) is 9.59 Å². The second-order valence-electron chi connectivity index (χ2n) is 11.4. The lowest BCUT2D eigenvalue weighted by Crippen LogP contribution is -2.58. The van der Waals surface area contributed by atoms with Crippen molar-refractivity contribution in [2.24, 2.45) is 29.2 Å².